The predicted octanol–water partition coefficient (Wildman–Crippen LogP) is 8.64. The zero-order valence-electron chi connectivity index (χ0n) is 20.2. The maximum atomic E-state index is 14.1. The minimum atomic E-state index is -1.02. The highest BCUT2D eigenvalue weighted by Gasteiger charge is 2.31. The van der Waals surface area contributed by atoms with Crippen molar-refractivity contribution in [1.82, 2.24) is 0 Å². The zero-order chi connectivity index (χ0) is 26.8. The molecule has 0 radical (unpaired) electrons. The van der Waals surface area contributed by atoms with Crippen LogP contribution in [0.5, 0.6) is 5.75 Å². The molecule has 0 bridgehead atoms. The molecule has 1 aliphatic carbocycles. The van der Waals surface area contributed by atoms with Gasteiger partial charge in [0.05, 0.1) is 20.8 Å². The summed E-state index contributed by atoms with van der Waals surface area (Å²) in [7, 11) is 0. The Kier molecular flexibility index (Phi) is 7.44. The fourth-order valence-corrected chi connectivity index (χ4v) is 5.22. The summed E-state index contributed by atoms with van der Waals surface area (Å²) in [5.41, 5.74) is 2.91. The average molecular weight is 554 g/mol. The van der Waals surface area contributed by atoms with Gasteiger partial charge in [0.25, 0.3) is 0 Å². The highest BCUT2D eigenvalue weighted by Crippen LogP contribution is 2.44. The van der Waals surface area contributed by atoms with Crippen molar-refractivity contribution in [1.29, 1.82) is 0 Å². The molecule has 1 atom stereocenters. The molecule has 1 unspecified atom stereocenters. The van der Waals surface area contributed by atoms with Crippen molar-refractivity contribution in [3.05, 3.63) is 94.3 Å². The number of benzene rings is 3. The van der Waals surface area contributed by atoms with E-state index in [1.807, 2.05) is 36.4 Å². The zero-order valence-corrected chi connectivity index (χ0v) is 21.7. The Morgan fingerprint density at radius 2 is 1.71 bits per heavy atom. The fraction of sp³-hybridized carbons (Fsp3) is 0.172. The molecular formula is C29H22ClF2NO4S. The van der Waals surface area contributed by atoms with Crippen LogP contribution in [0, 0.1) is 17.6 Å². The SMILES string of the molecule is CC(OC(=O)Nc1cc(Cl)sc1-c1ccccc1-c1ccc(OC(=O)C2CC2)cc1)c1cc(F)ccc1F. The summed E-state index contributed by atoms with van der Waals surface area (Å²) in [6, 6.07) is 19.4. The van der Waals surface area contributed by atoms with Crippen molar-refractivity contribution in [2.75, 3.05) is 5.32 Å². The number of rotatable bonds is 7. The topological polar surface area (TPSA) is 64.6 Å². The number of carbonyl (C=O) groups excluding carboxylic acids is 2. The summed E-state index contributed by atoms with van der Waals surface area (Å²) in [5, 5.41) is 2.68. The minimum absolute atomic E-state index is 0.00691. The number of halogens is 3. The largest absolute Gasteiger partial charge is 0.441 e. The van der Waals surface area contributed by atoms with Crippen molar-refractivity contribution in [3.8, 4) is 27.3 Å². The number of nitrogens with one attached hydrogen (secondary N) is 1. The Bertz CT molecular complexity index is 1500. The normalized spacial score (nSPS) is 13.6. The van der Waals surface area contributed by atoms with E-state index in [-0.39, 0.29) is 17.5 Å². The molecule has 1 aliphatic rings. The first kappa shape index (κ1) is 25.9. The Labute approximate surface area is 227 Å². The third kappa shape index (κ3) is 5.87. The quantitative estimate of drug-likeness (QED) is 0.184. The predicted molar refractivity (Wildman–Crippen MR) is 143 cm³/mol. The van der Waals surface area contributed by atoms with Gasteiger partial charge in [-0.05, 0) is 67.3 Å². The van der Waals surface area contributed by atoms with Crippen LogP contribution in [-0.4, -0.2) is 12.1 Å². The maximum Gasteiger partial charge on any atom is 0.412 e. The highest BCUT2D eigenvalue weighted by molar-refractivity contribution is 7.20. The van der Waals surface area contributed by atoms with Crippen molar-refractivity contribution >= 4 is 40.7 Å². The van der Waals surface area contributed by atoms with E-state index in [0.717, 1.165) is 47.7 Å². The van der Waals surface area contributed by atoms with Crippen LogP contribution < -0.4 is 10.1 Å². The van der Waals surface area contributed by atoms with Gasteiger partial charge in [0.1, 0.15) is 23.5 Å². The van der Waals surface area contributed by atoms with Crippen molar-refractivity contribution < 1.29 is 27.8 Å². The molecular weight excluding hydrogens is 532 g/mol. The van der Waals surface area contributed by atoms with E-state index in [1.54, 1.807) is 18.2 Å². The molecule has 1 N–H and O–H groups in total. The molecule has 1 amide bonds. The van der Waals surface area contributed by atoms with E-state index >= 15 is 0 Å². The van der Waals surface area contributed by atoms with E-state index < -0.39 is 23.8 Å². The molecule has 9 heteroatoms. The minimum Gasteiger partial charge on any atom is -0.441 e. The molecule has 4 aromatic rings. The Morgan fingerprint density at radius 3 is 2.42 bits per heavy atom. The number of thiophene rings is 1. The van der Waals surface area contributed by atoms with Crippen molar-refractivity contribution in [2.24, 2.45) is 5.92 Å². The Morgan fingerprint density at radius 1 is 1.00 bits per heavy atom. The van der Waals surface area contributed by atoms with Crippen LogP contribution in [-0.2, 0) is 9.53 Å². The number of hydrogen-bond donors (Lipinski definition) is 1. The van der Waals surface area contributed by atoms with E-state index in [9.17, 15) is 18.4 Å². The van der Waals surface area contributed by atoms with Crippen LogP contribution in [0.3, 0.4) is 0 Å². The second-order valence-corrected chi connectivity index (χ2v) is 10.6. The van der Waals surface area contributed by atoms with Gasteiger partial charge < -0.3 is 9.47 Å². The van der Waals surface area contributed by atoms with E-state index in [4.69, 9.17) is 21.1 Å². The molecule has 1 aromatic heterocycles. The molecule has 194 valence electrons. The molecule has 5 nitrogen and oxygen atoms in total. The lowest BCUT2D eigenvalue weighted by atomic mass is 9.98. The third-order valence-corrected chi connectivity index (χ3v) is 7.38. The number of esters is 1. The summed E-state index contributed by atoms with van der Waals surface area (Å²) in [5.74, 6) is -1.02. The van der Waals surface area contributed by atoms with Gasteiger partial charge in [-0.3, -0.25) is 10.1 Å². The second-order valence-electron chi connectivity index (χ2n) is 8.90. The molecule has 1 heterocycles. The Balaban J connectivity index is 1.36. The first-order valence-electron chi connectivity index (χ1n) is 11.9. The fourth-order valence-electron chi connectivity index (χ4n) is 4.00. The number of carbonyl (C=O) groups is 2. The lowest BCUT2D eigenvalue weighted by molar-refractivity contribution is -0.135. The maximum absolute atomic E-state index is 14.1. The van der Waals surface area contributed by atoms with Gasteiger partial charge in [-0.1, -0.05) is 48.0 Å². The van der Waals surface area contributed by atoms with Gasteiger partial charge in [0.15, 0.2) is 0 Å². The van der Waals surface area contributed by atoms with Gasteiger partial charge in [-0.2, -0.15) is 0 Å². The summed E-state index contributed by atoms with van der Waals surface area (Å²) < 4.78 is 38.9. The van der Waals surface area contributed by atoms with Gasteiger partial charge in [-0.15, -0.1) is 11.3 Å². The second kappa shape index (κ2) is 10.9. The average Bonchev–Trinajstić information content (AvgIpc) is 3.69. The molecule has 0 aliphatic heterocycles. The summed E-state index contributed by atoms with van der Waals surface area (Å²) in [6.07, 6.45) is -0.115. The molecule has 5 rings (SSSR count). The van der Waals surface area contributed by atoms with Crippen LogP contribution in [0.2, 0.25) is 4.34 Å². The number of hydrogen-bond acceptors (Lipinski definition) is 5. The smallest absolute Gasteiger partial charge is 0.412 e. The van der Waals surface area contributed by atoms with Gasteiger partial charge in [0.2, 0.25) is 0 Å². The Hall–Kier alpha value is -3.75. The molecule has 38 heavy (non-hydrogen) atoms. The summed E-state index contributed by atoms with van der Waals surface area (Å²) >= 11 is 7.60. The lowest BCUT2D eigenvalue weighted by Gasteiger charge is -2.16. The van der Waals surface area contributed by atoms with Crippen molar-refractivity contribution in [3.63, 3.8) is 0 Å². The number of anilines is 1. The van der Waals surface area contributed by atoms with Gasteiger partial charge in [0, 0.05) is 11.1 Å². The van der Waals surface area contributed by atoms with Crippen LogP contribution >= 0.6 is 22.9 Å². The summed E-state index contributed by atoms with van der Waals surface area (Å²) in [4.78, 5) is 25.3. The molecule has 0 saturated heterocycles. The summed E-state index contributed by atoms with van der Waals surface area (Å²) in [6.45, 7) is 1.46. The number of amides is 1. The van der Waals surface area contributed by atoms with Crippen LogP contribution in [0.4, 0.5) is 19.3 Å². The van der Waals surface area contributed by atoms with E-state index in [0.29, 0.717) is 20.7 Å². The lowest BCUT2D eigenvalue weighted by Crippen LogP contribution is -2.16. The third-order valence-electron chi connectivity index (χ3n) is 6.08. The first-order valence-corrected chi connectivity index (χ1v) is 13.1. The van der Waals surface area contributed by atoms with E-state index in [1.165, 1.54) is 18.3 Å². The monoisotopic (exact) mass is 553 g/mol. The first-order chi connectivity index (χ1) is 18.3. The number of ether oxygens (including phenoxy) is 2. The van der Waals surface area contributed by atoms with E-state index in [2.05, 4.69) is 5.32 Å². The molecule has 1 fully saturated rings. The molecule has 1 saturated carbocycles. The molecule has 0 spiro atoms. The highest BCUT2D eigenvalue weighted by atomic mass is 35.5. The molecule has 3 aromatic carbocycles. The van der Waals surface area contributed by atoms with Crippen LogP contribution in [0.25, 0.3) is 21.6 Å². The van der Waals surface area contributed by atoms with Gasteiger partial charge >= 0.3 is 12.1 Å². The van der Waals surface area contributed by atoms with Crippen LogP contribution in [0.15, 0.2) is 72.8 Å². The van der Waals surface area contributed by atoms with Crippen LogP contribution in [0.1, 0.15) is 31.4 Å². The standard InChI is InChI=1S/C29H22ClF2NO4S/c1-16(23-14-19(31)10-13-24(23)32)36-29(35)33-25-15-26(30)38-27(25)22-5-3-2-4-21(22)17-8-11-20(12-9-17)37-28(34)18-6-7-18/h2-5,8-16,18H,6-7H2,1H3,(H,33,35). The van der Waals surface area contributed by atoms with Gasteiger partial charge in [-0.25, -0.2) is 13.6 Å². The van der Waals surface area contributed by atoms with Crippen molar-refractivity contribution in [2.45, 2.75) is 25.9 Å².